The quantitative estimate of drug-likeness (QED) is 0.820. The number of nitrogens with one attached hydrogen (secondary N) is 1. The van der Waals surface area contributed by atoms with E-state index in [9.17, 15) is 9.59 Å². The van der Waals surface area contributed by atoms with E-state index < -0.39 is 0 Å². The van der Waals surface area contributed by atoms with E-state index >= 15 is 0 Å². The lowest BCUT2D eigenvalue weighted by Gasteiger charge is -2.29. The van der Waals surface area contributed by atoms with Gasteiger partial charge in [0, 0.05) is 11.6 Å². The zero-order chi connectivity index (χ0) is 15.9. The Morgan fingerprint density at radius 3 is 2.77 bits per heavy atom. The van der Waals surface area contributed by atoms with Crippen molar-refractivity contribution in [2.75, 3.05) is 13.7 Å². The van der Waals surface area contributed by atoms with Gasteiger partial charge in [-0.05, 0) is 37.0 Å². The van der Waals surface area contributed by atoms with Crippen molar-refractivity contribution >= 4 is 12.2 Å². The number of aldehydes is 1. The van der Waals surface area contributed by atoms with E-state index in [1.54, 1.807) is 18.2 Å². The predicted molar refractivity (Wildman–Crippen MR) is 83.4 cm³/mol. The molecule has 5 nitrogen and oxygen atoms in total. The summed E-state index contributed by atoms with van der Waals surface area (Å²) < 4.78 is 10.7. The summed E-state index contributed by atoms with van der Waals surface area (Å²) in [4.78, 5) is 22.9. The van der Waals surface area contributed by atoms with Crippen LogP contribution in [0.5, 0.6) is 11.5 Å². The highest BCUT2D eigenvalue weighted by Crippen LogP contribution is 2.27. The second-order valence-corrected chi connectivity index (χ2v) is 5.75. The zero-order valence-corrected chi connectivity index (χ0v) is 13.1. The average molecular weight is 305 g/mol. The second-order valence-electron chi connectivity index (χ2n) is 5.75. The van der Waals surface area contributed by atoms with Crippen molar-refractivity contribution < 1.29 is 19.1 Å². The Kier molecular flexibility index (Phi) is 5.81. The molecule has 22 heavy (non-hydrogen) atoms. The fourth-order valence-corrected chi connectivity index (χ4v) is 2.80. The van der Waals surface area contributed by atoms with Crippen LogP contribution in [-0.2, 0) is 4.79 Å². The summed E-state index contributed by atoms with van der Waals surface area (Å²) in [5.74, 6) is 1.27. The fourth-order valence-electron chi connectivity index (χ4n) is 2.80. The van der Waals surface area contributed by atoms with Gasteiger partial charge in [0.15, 0.2) is 18.1 Å². The molecule has 1 amide bonds. The third-order valence-corrected chi connectivity index (χ3v) is 4.14. The third-order valence-electron chi connectivity index (χ3n) is 4.14. The van der Waals surface area contributed by atoms with Gasteiger partial charge in [-0.1, -0.05) is 19.8 Å². The van der Waals surface area contributed by atoms with Crippen LogP contribution < -0.4 is 14.8 Å². The highest BCUT2D eigenvalue weighted by atomic mass is 16.5. The normalized spacial score (nSPS) is 21.0. The van der Waals surface area contributed by atoms with E-state index in [1.165, 1.54) is 13.5 Å². The van der Waals surface area contributed by atoms with Gasteiger partial charge in [0.25, 0.3) is 5.91 Å². The second kappa shape index (κ2) is 7.82. The first-order chi connectivity index (χ1) is 10.6. The summed E-state index contributed by atoms with van der Waals surface area (Å²) in [6.45, 7) is 2.09. The molecule has 0 radical (unpaired) electrons. The molecule has 0 bridgehead atoms. The van der Waals surface area contributed by atoms with Gasteiger partial charge in [-0.3, -0.25) is 9.59 Å². The molecule has 1 saturated carbocycles. The Bertz CT molecular complexity index is 529. The molecule has 5 heteroatoms. The average Bonchev–Trinajstić information content (AvgIpc) is 2.54. The summed E-state index contributed by atoms with van der Waals surface area (Å²) in [7, 11) is 1.52. The van der Waals surface area contributed by atoms with Crippen LogP contribution in [0.4, 0.5) is 0 Å². The van der Waals surface area contributed by atoms with Crippen LogP contribution in [0, 0.1) is 5.92 Å². The SMILES string of the molecule is COc1ccc(C=O)cc1OCC(=O)N[C@@H]1CCCC[C@H]1C. The Labute approximate surface area is 131 Å². The largest absolute Gasteiger partial charge is 0.493 e. The first-order valence-electron chi connectivity index (χ1n) is 7.69. The third kappa shape index (κ3) is 4.23. The molecule has 0 heterocycles. The molecule has 2 rings (SSSR count). The predicted octanol–water partition coefficient (Wildman–Crippen LogP) is 2.58. The van der Waals surface area contributed by atoms with Gasteiger partial charge in [-0.15, -0.1) is 0 Å². The van der Waals surface area contributed by atoms with Crippen molar-refractivity contribution in [3.05, 3.63) is 23.8 Å². The number of amides is 1. The molecule has 0 unspecified atom stereocenters. The maximum absolute atomic E-state index is 12.0. The van der Waals surface area contributed by atoms with Gasteiger partial charge in [0.2, 0.25) is 0 Å². The molecule has 1 aromatic rings. The summed E-state index contributed by atoms with van der Waals surface area (Å²) in [6, 6.07) is 5.10. The first-order valence-corrected chi connectivity index (χ1v) is 7.69. The molecule has 0 aliphatic heterocycles. The Morgan fingerprint density at radius 1 is 1.32 bits per heavy atom. The topological polar surface area (TPSA) is 64.6 Å². The summed E-state index contributed by atoms with van der Waals surface area (Å²) in [5, 5.41) is 3.03. The number of carbonyl (C=O) groups excluding carboxylic acids is 2. The maximum atomic E-state index is 12.0. The minimum Gasteiger partial charge on any atom is -0.493 e. The van der Waals surface area contributed by atoms with Crippen molar-refractivity contribution in [2.24, 2.45) is 5.92 Å². The van der Waals surface area contributed by atoms with Crippen LogP contribution in [-0.4, -0.2) is 32.0 Å². The molecule has 1 fully saturated rings. The summed E-state index contributed by atoms with van der Waals surface area (Å²) in [5.41, 5.74) is 0.483. The summed E-state index contributed by atoms with van der Waals surface area (Å²) >= 11 is 0. The molecule has 2 atom stereocenters. The lowest BCUT2D eigenvalue weighted by Crippen LogP contribution is -2.43. The minimum atomic E-state index is -0.141. The number of hydrogen-bond acceptors (Lipinski definition) is 4. The smallest absolute Gasteiger partial charge is 0.258 e. The van der Waals surface area contributed by atoms with Crippen LogP contribution in [0.15, 0.2) is 18.2 Å². The van der Waals surface area contributed by atoms with Crippen molar-refractivity contribution in [3.8, 4) is 11.5 Å². The summed E-state index contributed by atoms with van der Waals surface area (Å²) in [6.07, 6.45) is 5.30. The number of carbonyl (C=O) groups is 2. The van der Waals surface area contributed by atoms with Crippen LogP contribution in [0.25, 0.3) is 0 Å². The van der Waals surface area contributed by atoms with Gasteiger partial charge in [0.05, 0.1) is 7.11 Å². The van der Waals surface area contributed by atoms with E-state index in [0.29, 0.717) is 23.0 Å². The van der Waals surface area contributed by atoms with E-state index in [0.717, 1.165) is 25.5 Å². The lowest BCUT2D eigenvalue weighted by molar-refractivity contribution is -0.124. The molecule has 0 saturated heterocycles. The van der Waals surface area contributed by atoms with Gasteiger partial charge >= 0.3 is 0 Å². The molecule has 0 spiro atoms. The van der Waals surface area contributed by atoms with Gasteiger partial charge < -0.3 is 14.8 Å². The highest BCUT2D eigenvalue weighted by Gasteiger charge is 2.23. The zero-order valence-electron chi connectivity index (χ0n) is 13.1. The highest BCUT2D eigenvalue weighted by molar-refractivity contribution is 5.79. The Morgan fingerprint density at radius 2 is 2.09 bits per heavy atom. The molecule has 0 aromatic heterocycles. The van der Waals surface area contributed by atoms with Gasteiger partial charge in [-0.25, -0.2) is 0 Å². The molecule has 1 aliphatic rings. The number of rotatable bonds is 6. The van der Waals surface area contributed by atoms with Crippen LogP contribution in [0.3, 0.4) is 0 Å². The van der Waals surface area contributed by atoms with Crippen LogP contribution >= 0.6 is 0 Å². The Balaban J connectivity index is 1.91. The Hall–Kier alpha value is -2.04. The number of methoxy groups -OCH3 is 1. The first kappa shape index (κ1) is 16.3. The van der Waals surface area contributed by atoms with Crippen molar-refractivity contribution in [3.63, 3.8) is 0 Å². The molecule has 1 N–H and O–H groups in total. The van der Waals surface area contributed by atoms with Crippen molar-refractivity contribution in [2.45, 2.75) is 38.6 Å². The van der Waals surface area contributed by atoms with E-state index in [2.05, 4.69) is 12.2 Å². The molecule has 1 aliphatic carbocycles. The molecule has 1 aromatic carbocycles. The lowest BCUT2D eigenvalue weighted by atomic mass is 9.86. The molecular formula is C17H23NO4. The minimum absolute atomic E-state index is 0.0815. The van der Waals surface area contributed by atoms with E-state index in [-0.39, 0.29) is 18.6 Å². The van der Waals surface area contributed by atoms with Crippen molar-refractivity contribution in [1.82, 2.24) is 5.32 Å². The monoisotopic (exact) mass is 305 g/mol. The number of hydrogen-bond donors (Lipinski definition) is 1. The van der Waals surface area contributed by atoms with Crippen LogP contribution in [0.2, 0.25) is 0 Å². The van der Waals surface area contributed by atoms with Gasteiger partial charge in [-0.2, -0.15) is 0 Å². The fraction of sp³-hybridized carbons (Fsp3) is 0.529. The molecule has 120 valence electrons. The van der Waals surface area contributed by atoms with Gasteiger partial charge in [0.1, 0.15) is 6.29 Å². The van der Waals surface area contributed by atoms with Crippen molar-refractivity contribution in [1.29, 1.82) is 0 Å². The number of ether oxygens (including phenoxy) is 2. The number of benzene rings is 1. The maximum Gasteiger partial charge on any atom is 0.258 e. The van der Waals surface area contributed by atoms with Crippen LogP contribution in [0.1, 0.15) is 43.0 Å². The van der Waals surface area contributed by atoms with E-state index in [1.807, 2.05) is 0 Å². The standard InChI is InChI=1S/C17H23NO4/c1-12-5-3-4-6-14(12)18-17(20)11-22-16-9-13(10-19)7-8-15(16)21-2/h7-10,12,14H,3-6,11H2,1-2H3,(H,18,20)/t12-,14-/m1/s1. The van der Waals surface area contributed by atoms with E-state index in [4.69, 9.17) is 9.47 Å². The molecular weight excluding hydrogens is 282 g/mol.